The van der Waals surface area contributed by atoms with Gasteiger partial charge in [0, 0.05) is 18.3 Å². The molecule has 1 N–H and O–H groups in total. The summed E-state index contributed by atoms with van der Waals surface area (Å²) in [5.74, 6) is 1.20. The van der Waals surface area contributed by atoms with Crippen molar-refractivity contribution in [1.82, 2.24) is 10.3 Å². The Hall–Kier alpha value is -1.62. The van der Waals surface area contributed by atoms with E-state index in [2.05, 4.69) is 17.2 Å². The Morgan fingerprint density at radius 2 is 2.30 bits per heavy atom. The minimum Gasteiger partial charge on any atom is -0.477 e. The molecule has 1 aliphatic rings. The molecule has 1 aromatic heterocycles. The van der Waals surface area contributed by atoms with Crippen LogP contribution in [0.4, 0.5) is 0 Å². The minimum absolute atomic E-state index is 0.0893. The van der Waals surface area contributed by atoms with Crippen LogP contribution >= 0.6 is 0 Å². The molecule has 0 radical (unpaired) electrons. The maximum absolute atomic E-state index is 12.0. The summed E-state index contributed by atoms with van der Waals surface area (Å²) in [5, 5.41) is 2.88. The highest BCUT2D eigenvalue weighted by molar-refractivity contribution is 5.77. The van der Waals surface area contributed by atoms with Crippen molar-refractivity contribution in [2.45, 2.75) is 58.6 Å². The third kappa shape index (κ3) is 6.18. The molecule has 2 unspecified atom stereocenters. The van der Waals surface area contributed by atoms with E-state index >= 15 is 0 Å². The molecule has 5 heteroatoms. The van der Waals surface area contributed by atoms with Crippen molar-refractivity contribution >= 4 is 5.91 Å². The fourth-order valence-electron chi connectivity index (χ4n) is 2.86. The van der Waals surface area contributed by atoms with Crippen LogP contribution in [0.3, 0.4) is 0 Å². The summed E-state index contributed by atoms with van der Waals surface area (Å²) in [6.45, 7) is 5.46. The van der Waals surface area contributed by atoms with Gasteiger partial charge in [0.05, 0.1) is 12.7 Å². The number of rotatable bonds is 8. The number of hydrogen-bond acceptors (Lipinski definition) is 4. The van der Waals surface area contributed by atoms with E-state index in [4.69, 9.17) is 9.47 Å². The lowest BCUT2D eigenvalue weighted by atomic mass is 9.89. The fourth-order valence-corrected chi connectivity index (χ4v) is 2.86. The molecule has 0 aliphatic heterocycles. The van der Waals surface area contributed by atoms with E-state index in [0.717, 1.165) is 24.8 Å². The first kappa shape index (κ1) is 17.7. The molecular formula is C18H28N2O3. The van der Waals surface area contributed by atoms with E-state index in [1.54, 1.807) is 6.20 Å². The van der Waals surface area contributed by atoms with Crippen molar-refractivity contribution in [1.29, 1.82) is 0 Å². The number of carbonyl (C=O) groups excluding carboxylic acids is 1. The van der Waals surface area contributed by atoms with Crippen LogP contribution in [0.1, 0.15) is 51.5 Å². The molecule has 1 saturated carbocycles. The average Bonchev–Trinajstić information content (AvgIpc) is 2.57. The van der Waals surface area contributed by atoms with Crippen LogP contribution in [0, 0.1) is 5.92 Å². The molecule has 128 valence electrons. The highest BCUT2D eigenvalue weighted by atomic mass is 16.5. The summed E-state index contributed by atoms with van der Waals surface area (Å²) in [6, 6.07) is 3.77. The third-order valence-electron chi connectivity index (χ3n) is 4.11. The number of nitrogens with zero attached hydrogens (tertiary/aromatic N) is 1. The lowest BCUT2D eigenvalue weighted by molar-refractivity contribution is -0.128. The molecule has 1 amide bonds. The van der Waals surface area contributed by atoms with Crippen molar-refractivity contribution in [3.63, 3.8) is 0 Å². The number of aromatic nitrogens is 1. The van der Waals surface area contributed by atoms with Crippen LogP contribution in [0.2, 0.25) is 0 Å². The van der Waals surface area contributed by atoms with E-state index in [1.807, 2.05) is 19.1 Å². The highest BCUT2D eigenvalue weighted by Gasteiger charge is 2.20. The van der Waals surface area contributed by atoms with Gasteiger partial charge in [0.25, 0.3) is 0 Å². The Labute approximate surface area is 138 Å². The van der Waals surface area contributed by atoms with Crippen LogP contribution in [0.5, 0.6) is 5.88 Å². The van der Waals surface area contributed by atoms with Crippen LogP contribution < -0.4 is 10.1 Å². The SMILES string of the molecule is CCCOc1ncccc1CNC(=O)COC1CCCC(C)C1. The molecule has 1 heterocycles. The minimum atomic E-state index is -0.0893. The topological polar surface area (TPSA) is 60.5 Å². The summed E-state index contributed by atoms with van der Waals surface area (Å²) in [7, 11) is 0. The van der Waals surface area contributed by atoms with Crippen molar-refractivity contribution in [3.8, 4) is 5.88 Å². The second-order valence-electron chi connectivity index (χ2n) is 6.30. The van der Waals surface area contributed by atoms with Crippen molar-refractivity contribution in [2.24, 2.45) is 5.92 Å². The molecule has 23 heavy (non-hydrogen) atoms. The predicted molar refractivity (Wildman–Crippen MR) is 89.2 cm³/mol. The molecule has 1 aliphatic carbocycles. The Balaban J connectivity index is 1.73. The van der Waals surface area contributed by atoms with Gasteiger partial charge < -0.3 is 14.8 Å². The maximum Gasteiger partial charge on any atom is 0.246 e. The molecule has 2 rings (SSSR count). The number of ether oxygens (including phenoxy) is 2. The van der Waals surface area contributed by atoms with Crippen LogP contribution in [-0.2, 0) is 16.1 Å². The zero-order valence-electron chi connectivity index (χ0n) is 14.2. The van der Waals surface area contributed by atoms with Crippen LogP contribution in [0.15, 0.2) is 18.3 Å². The van der Waals surface area contributed by atoms with Gasteiger partial charge in [0.15, 0.2) is 0 Å². The second-order valence-corrected chi connectivity index (χ2v) is 6.30. The summed E-state index contributed by atoms with van der Waals surface area (Å²) in [6.07, 6.45) is 7.45. The van der Waals surface area contributed by atoms with Crippen molar-refractivity contribution in [3.05, 3.63) is 23.9 Å². The summed E-state index contributed by atoms with van der Waals surface area (Å²) < 4.78 is 11.3. The van der Waals surface area contributed by atoms with E-state index in [-0.39, 0.29) is 18.6 Å². The Morgan fingerprint density at radius 3 is 3.09 bits per heavy atom. The standard InChI is InChI=1S/C18H28N2O3/c1-3-10-22-18-15(7-5-9-19-18)12-20-17(21)13-23-16-8-4-6-14(2)11-16/h5,7,9,14,16H,3-4,6,8,10-13H2,1-2H3,(H,20,21). The van der Waals surface area contributed by atoms with E-state index in [0.29, 0.717) is 24.9 Å². The molecule has 0 bridgehead atoms. The lowest BCUT2D eigenvalue weighted by Gasteiger charge is -2.26. The Morgan fingerprint density at radius 1 is 1.43 bits per heavy atom. The van der Waals surface area contributed by atoms with Gasteiger partial charge in [-0.3, -0.25) is 4.79 Å². The molecular weight excluding hydrogens is 292 g/mol. The quantitative estimate of drug-likeness (QED) is 0.799. The Kier molecular flexibility index (Phi) is 7.33. The second kappa shape index (κ2) is 9.50. The van der Waals surface area contributed by atoms with Gasteiger partial charge in [0.1, 0.15) is 6.61 Å². The zero-order valence-corrected chi connectivity index (χ0v) is 14.2. The molecule has 2 atom stereocenters. The van der Waals surface area contributed by atoms with Gasteiger partial charge in [-0.15, -0.1) is 0 Å². The van der Waals surface area contributed by atoms with Gasteiger partial charge >= 0.3 is 0 Å². The molecule has 0 aromatic carbocycles. The van der Waals surface area contributed by atoms with Gasteiger partial charge in [-0.2, -0.15) is 0 Å². The largest absolute Gasteiger partial charge is 0.477 e. The monoisotopic (exact) mass is 320 g/mol. The first-order chi connectivity index (χ1) is 11.2. The van der Waals surface area contributed by atoms with Gasteiger partial charge in [-0.1, -0.05) is 32.8 Å². The number of nitrogens with one attached hydrogen (secondary N) is 1. The van der Waals surface area contributed by atoms with Gasteiger partial charge in [-0.25, -0.2) is 4.98 Å². The van der Waals surface area contributed by atoms with E-state index in [9.17, 15) is 4.79 Å². The molecule has 0 spiro atoms. The van der Waals surface area contributed by atoms with E-state index in [1.165, 1.54) is 12.8 Å². The Bertz CT molecular complexity index is 493. The lowest BCUT2D eigenvalue weighted by Crippen LogP contribution is -2.31. The first-order valence-corrected chi connectivity index (χ1v) is 8.64. The molecule has 1 fully saturated rings. The smallest absolute Gasteiger partial charge is 0.246 e. The van der Waals surface area contributed by atoms with E-state index < -0.39 is 0 Å². The fraction of sp³-hybridized carbons (Fsp3) is 0.667. The van der Waals surface area contributed by atoms with Gasteiger partial charge in [-0.05, 0) is 31.2 Å². The number of carbonyl (C=O) groups is 1. The first-order valence-electron chi connectivity index (χ1n) is 8.64. The summed E-state index contributed by atoms with van der Waals surface area (Å²) in [5.41, 5.74) is 0.889. The molecule has 5 nitrogen and oxygen atoms in total. The number of hydrogen-bond donors (Lipinski definition) is 1. The number of amides is 1. The number of pyridine rings is 1. The van der Waals surface area contributed by atoms with Crippen molar-refractivity contribution in [2.75, 3.05) is 13.2 Å². The van der Waals surface area contributed by atoms with Crippen LogP contribution in [-0.4, -0.2) is 30.2 Å². The zero-order chi connectivity index (χ0) is 16.5. The van der Waals surface area contributed by atoms with Gasteiger partial charge in [0.2, 0.25) is 11.8 Å². The molecule has 1 aromatic rings. The third-order valence-corrected chi connectivity index (χ3v) is 4.11. The summed E-state index contributed by atoms with van der Waals surface area (Å²) >= 11 is 0. The summed E-state index contributed by atoms with van der Waals surface area (Å²) in [4.78, 5) is 16.2. The van der Waals surface area contributed by atoms with Crippen LogP contribution in [0.25, 0.3) is 0 Å². The maximum atomic E-state index is 12.0. The predicted octanol–water partition coefficient (Wildman–Crippen LogP) is 3.08. The molecule has 0 saturated heterocycles. The highest BCUT2D eigenvalue weighted by Crippen LogP contribution is 2.25. The van der Waals surface area contributed by atoms with Crippen molar-refractivity contribution < 1.29 is 14.3 Å². The normalized spacial score (nSPS) is 21.0. The average molecular weight is 320 g/mol.